The van der Waals surface area contributed by atoms with E-state index in [2.05, 4.69) is 61.5 Å². The van der Waals surface area contributed by atoms with Gasteiger partial charge >= 0.3 is 0 Å². The van der Waals surface area contributed by atoms with Crippen molar-refractivity contribution in [3.8, 4) is 5.75 Å². The summed E-state index contributed by atoms with van der Waals surface area (Å²) in [4.78, 5) is 0. The highest BCUT2D eigenvalue weighted by molar-refractivity contribution is 6.17. The van der Waals surface area contributed by atoms with Gasteiger partial charge in [-0.1, -0.05) is 48.0 Å². The Morgan fingerprint density at radius 3 is 2.62 bits per heavy atom. The topological polar surface area (TPSA) is 9.23 Å². The summed E-state index contributed by atoms with van der Waals surface area (Å²) in [6.07, 6.45) is 5.45. The average molecular weight is 270 g/mol. The van der Waals surface area contributed by atoms with Crippen molar-refractivity contribution in [2.75, 3.05) is 0 Å². The van der Waals surface area contributed by atoms with Crippen molar-refractivity contribution < 1.29 is 4.74 Å². The van der Waals surface area contributed by atoms with Gasteiger partial charge in [0.15, 0.2) is 0 Å². The van der Waals surface area contributed by atoms with Crippen LogP contribution in [0, 0.1) is 0 Å². The Morgan fingerprint density at radius 1 is 0.905 bits per heavy atom. The molecule has 0 saturated carbocycles. The fraction of sp³-hybridized carbons (Fsp3) is 0.100. The molecule has 2 aliphatic rings. The predicted octanol–water partition coefficient (Wildman–Crippen LogP) is 5.53. The maximum atomic E-state index is 6.23. The van der Waals surface area contributed by atoms with Gasteiger partial charge < -0.3 is 4.74 Å². The van der Waals surface area contributed by atoms with E-state index in [1.54, 1.807) is 0 Å². The third-order valence-corrected chi connectivity index (χ3v) is 4.50. The minimum atomic E-state index is 0.948. The van der Waals surface area contributed by atoms with E-state index in [-0.39, 0.29) is 0 Å². The molecule has 1 aliphatic carbocycles. The Morgan fingerprint density at radius 2 is 1.71 bits per heavy atom. The van der Waals surface area contributed by atoms with E-state index in [0.717, 1.165) is 17.9 Å². The van der Waals surface area contributed by atoms with Crippen LogP contribution in [0.25, 0.3) is 33.4 Å². The van der Waals surface area contributed by atoms with Crippen molar-refractivity contribution in [2.24, 2.45) is 0 Å². The predicted molar refractivity (Wildman–Crippen MR) is 88.3 cm³/mol. The summed E-state index contributed by atoms with van der Waals surface area (Å²) in [7, 11) is 0. The monoisotopic (exact) mass is 270 g/mol. The third kappa shape index (κ3) is 1.41. The zero-order valence-corrected chi connectivity index (χ0v) is 11.8. The first-order valence-electron chi connectivity index (χ1n) is 7.35. The van der Waals surface area contributed by atoms with Gasteiger partial charge in [0, 0.05) is 16.3 Å². The summed E-state index contributed by atoms with van der Waals surface area (Å²) in [5.41, 5.74) is 3.90. The van der Waals surface area contributed by atoms with Crippen LogP contribution in [0.4, 0.5) is 0 Å². The zero-order valence-electron chi connectivity index (χ0n) is 11.8. The molecular weight excluding hydrogens is 256 g/mol. The second-order valence-corrected chi connectivity index (χ2v) is 5.91. The Bertz CT molecular complexity index is 990. The Labute approximate surface area is 123 Å². The van der Waals surface area contributed by atoms with Gasteiger partial charge in [-0.15, -0.1) is 0 Å². The van der Waals surface area contributed by atoms with Crippen molar-refractivity contribution >= 4 is 33.4 Å². The Hall–Kier alpha value is -2.54. The van der Waals surface area contributed by atoms with Crippen LogP contribution in [0.5, 0.6) is 5.75 Å². The lowest BCUT2D eigenvalue weighted by Gasteiger charge is -2.22. The van der Waals surface area contributed by atoms with Gasteiger partial charge in [-0.05, 0) is 41.8 Å². The lowest BCUT2D eigenvalue weighted by molar-refractivity contribution is 0.517. The minimum Gasteiger partial charge on any atom is -0.456 e. The molecule has 0 aromatic heterocycles. The fourth-order valence-electron chi connectivity index (χ4n) is 3.54. The summed E-state index contributed by atoms with van der Waals surface area (Å²) in [5.74, 6) is 1.99. The van der Waals surface area contributed by atoms with E-state index in [0.29, 0.717) is 0 Å². The van der Waals surface area contributed by atoms with Gasteiger partial charge in [-0.25, -0.2) is 0 Å². The number of benzene rings is 3. The molecule has 0 N–H and O–H groups in total. The van der Waals surface area contributed by atoms with Crippen molar-refractivity contribution in [3.05, 3.63) is 65.2 Å². The van der Waals surface area contributed by atoms with Gasteiger partial charge in [0.25, 0.3) is 0 Å². The van der Waals surface area contributed by atoms with Crippen LogP contribution >= 0.6 is 0 Å². The number of ether oxygens (including phenoxy) is 1. The highest BCUT2D eigenvalue weighted by Crippen LogP contribution is 2.45. The molecule has 5 rings (SSSR count). The lowest BCUT2D eigenvalue weighted by Crippen LogP contribution is -2.04. The average Bonchev–Trinajstić information content (AvgIpc) is 2.67. The third-order valence-electron chi connectivity index (χ3n) is 4.50. The molecule has 100 valence electrons. The second kappa shape index (κ2) is 3.76. The van der Waals surface area contributed by atoms with Crippen LogP contribution in [0.15, 0.2) is 54.1 Å². The van der Waals surface area contributed by atoms with Crippen molar-refractivity contribution in [1.29, 1.82) is 0 Å². The molecule has 0 unspecified atom stereocenters. The van der Waals surface area contributed by atoms with E-state index < -0.39 is 0 Å². The molecule has 1 nitrogen and oxygen atoms in total. The van der Waals surface area contributed by atoms with Crippen molar-refractivity contribution in [2.45, 2.75) is 13.3 Å². The van der Waals surface area contributed by atoms with Crippen molar-refractivity contribution in [3.63, 3.8) is 0 Å². The number of allylic oxidation sites excluding steroid dienone is 2. The smallest absolute Gasteiger partial charge is 0.135 e. The molecular formula is C20H14O. The number of hydrogen-bond donors (Lipinski definition) is 0. The first kappa shape index (κ1) is 11.2. The molecule has 0 saturated heterocycles. The molecule has 1 aliphatic heterocycles. The van der Waals surface area contributed by atoms with E-state index >= 15 is 0 Å². The number of hydrogen-bond acceptors (Lipinski definition) is 1. The van der Waals surface area contributed by atoms with Crippen molar-refractivity contribution in [1.82, 2.24) is 0 Å². The minimum absolute atomic E-state index is 0.948. The molecule has 1 heterocycles. The molecule has 1 heteroatoms. The van der Waals surface area contributed by atoms with Crippen LogP contribution in [0.1, 0.15) is 24.5 Å². The molecule has 0 amide bonds. The van der Waals surface area contributed by atoms with Gasteiger partial charge in [0.2, 0.25) is 0 Å². The van der Waals surface area contributed by atoms with Gasteiger partial charge in [-0.2, -0.15) is 0 Å². The molecule has 0 bridgehead atoms. The van der Waals surface area contributed by atoms with Crippen LogP contribution in [-0.2, 0) is 0 Å². The summed E-state index contributed by atoms with van der Waals surface area (Å²) in [6.45, 7) is 2.18. The summed E-state index contributed by atoms with van der Waals surface area (Å²) < 4.78 is 6.23. The molecule has 3 aromatic carbocycles. The molecule has 0 radical (unpaired) electrons. The summed E-state index contributed by atoms with van der Waals surface area (Å²) in [6, 6.07) is 15.1. The second-order valence-electron chi connectivity index (χ2n) is 5.91. The largest absolute Gasteiger partial charge is 0.456 e. The summed E-state index contributed by atoms with van der Waals surface area (Å²) in [5, 5.41) is 5.12. The van der Waals surface area contributed by atoms with Gasteiger partial charge in [0.05, 0.1) is 0 Å². The maximum Gasteiger partial charge on any atom is 0.135 e. The fourth-order valence-corrected chi connectivity index (χ4v) is 3.54. The first-order chi connectivity index (χ1) is 10.3. The zero-order chi connectivity index (χ0) is 14.0. The Balaban J connectivity index is 2.10. The van der Waals surface area contributed by atoms with E-state index in [9.17, 15) is 0 Å². The highest BCUT2D eigenvalue weighted by atomic mass is 16.5. The van der Waals surface area contributed by atoms with E-state index in [1.807, 2.05) is 0 Å². The van der Waals surface area contributed by atoms with Crippen LogP contribution in [0.2, 0.25) is 0 Å². The quantitative estimate of drug-likeness (QED) is 0.488. The molecule has 0 fully saturated rings. The molecule has 3 aromatic rings. The highest BCUT2D eigenvalue weighted by Gasteiger charge is 2.23. The molecule has 0 atom stereocenters. The standard InChI is InChI=1S/C20H14O/c1-12-5-10-17-19-15(11-12)9-8-14-7-6-13-3-2-4-16(21-17)18(13)20(14)19/h2-4,6-11H,5H2,1H3. The first-order valence-corrected chi connectivity index (χ1v) is 7.35. The van der Waals surface area contributed by atoms with Gasteiger partial charge in [-0.3, -0.25) is 0 Å². The van der Waals surface area contributed by atoms with E-state index in [1.165, 1.54) is 38.2 Å². The van der Waals surface area contributed by atoms with Gasteiger partial charge in [0.1, 0.15) is 11.5 Å². The van der Waals surface area contributed by atoms with Crippen LogP contribution < -0.4 is 4.74 Å². The lowest BCUT2D eigenvalue weighted by atomic mass is 9.91. The summed E-state index contributed by atoms with van der Waals surface area (Å²) >= 11 is 0. The normalized spacial score (nSPS) is 15.7. The number of rotatable bonds is 0. The molecule has 21 heavy (non-hydrogen) atoms. The maximum absolute atomic E-state index is 6.23. The van der Waals surface area contributed by atoms with Crippen LogP contribution in [-0.4, -0.2) is 0 Å². The Kier molecular flexibility index (Phi) is 2.00. The van der Waals surface area contributed by atoms with E-state index in [4.69, 9.17) is 4.74 Å². The molecule has 0 spiro atoms. The van der Waals surface area contributed by atoms with Crippen LogP contribution in [0.3, 0.4) is 0 Å². The SMILES string of the molecule is CC1=Cc2ccc3ccc4cccc5c4c3c2C(=CC1)O5.